The van der Waals surface area contributed by atoms with E-state index in [2.05, 4.69) is 6.26 Å². The van der Waals surface area contributed by atoms with Crippen molar-refractivity contribution in [2.75, 3.05) is 12.0 Å². The maximum atomic E-state index is 6.83. The van der Waals surface area contributed by atoms with Crippen LogP contribution >= 0.6 is 11.8 Å². The molecule has 0 unspecified atom stereocenters. The molecule has 0 atom stereocenters. The van der Waals surface area contributed by atoms with Crippen molar-refractivity contribution >= 4 is 11.8 Å². The first-order chi connectivity index (χ1) is 3.91. The van der Waals surface area contributed by atoms with E-state index in [0.29, 0.717) is 6.90 Å². The SMILES string of the molecule is [2H]CCCCCSC. The summed E-state index contributed by atoms with van der Waals surface area (Å²) in [4.78, 5) is 0. The average Bonchev–Trinajstić information content (AvgIpc) is 1.81. The standard InChI is InChI=1S/C6H14S/c1-3-4-5-6-7-2/h3-6H2,1-2H3/i1D. The smallest absolute Gasteiger partial charge is 0.0230 e. The van der Waals surface area contributed by atoms with Gasteiger partial charge in [-0.05, 0) is 18.4 Å². The molecular weight excluding hydrogens is 104 g/mol. The molecule has 0 radical (unpaired) electrons. The molecule has 0 aliphatic rings. The van der Waals surface area contributed by atoms with E-state index in [-0.39, 0.29) is 0 Å². The van der Waals surface area contributed by atoms with Gasteiger partial charge in [-0.15, -0.1) is 0 Å². The Morgan fingerprint density at radius 1 is 1.57 bits per heavy atom. The highest BCUT2D eigenvalue weighted by molar-refractivity contribution is 7.98. The van der Waals surface area contributed by atoms with Crippen LogP contribution in [0.15, 0.2) is 0 Å². The second-order valence-corrected chi connectivity index (χ2v) is 2.54. The second-order valence-electron chi connectivity index (χ2n) is 1.55. The van der Waals surface area contributed by atoms with E-state index >= 15 is 0 Å². The second kappa shape index (κ2) is 6.35. The summed E-state index contributed by atoms with van der Waals surface area (Å²) in [5.74, 6) is 1.26. The summed E-state index contributed by atoms with van der Waals surface area (Å²) in [7, 11) is 0. The van der Waals surface area contributed by atoms with Crippen LogP contribution in [0.1, 0.15) is 27.5 Å². The van der Waals surface area contributed by atoms with Crippen LogP contribution in [0.5, 0.6) is 0 Å². The summed E-state index contributed by atoms with van der Waals surface area (Å²) in [6, 6.07) is 0. The molecule has 0 saturated heterocycles. The lowest BCUT2D eigenvalue weighted by molar-refractivity contribution is 0.779. The van der Waals surface area contributed by atoms with Crippen molar-refractivity contribution in [2.45, 2.75) is 26.2 Å². The van der Waals surface area contributed by atoms with Gasteiger partial charge in [0.2, 0.25) is 0 Å². The highest BCUT2D eigenvalue weighted by atomic mass is 32.2. The number of hydrogen-bond donors (Lipinski definition) is 0. The van der Waals surface area contributed by atoms with Crippen molar-refractivity contribution < 1.29 is 1.37 Å². The van der Waals surface area contributed by atoms with Gasteiger partial charge in [0.1, 0.15) is 0 Å². The maximum Gasteiger partial charge on any atom is 0.0230 e. The summed E-state index contributed by atoms with van der Waals surface area (Å²) in [6.45, 7) is 0.606. The number of thioether (sulfide) groups is 1. The molecule has 44 valence electrons. The van der Waals surface area contributed by atoms with Crippen molar-refractivity contribution in [2.24, 2.45) is 0 Å². The van der Waals surface area contributed by atoms with Crippen LogP contribution in [-0.4, -0.2) is 12.0 Å². The van der Waals surface area contributed by atoms with Crippen LogP contribution in [0.25, 0.3) is 0 Å². The zero-order valence-electron chi connectivity index (χ0n) is 5.94. The Morgan fingerprint density at radius 3 is 3.00 bits per heavy atom. The molecule has 0 aromatic carbocycles. The third-order valence-electron chi connectivity index (χ3n) is 0.848. The van der Waals surface area contributed by atoms with Gasteiger partial charge >= 0.3 is 0 Å². The molecule has 1 heteroatoms. The minimum atomic E-state index is 0.606. The summed E-state index contributed by atoms with van der Waals surface area (Å²) in [5, 5.41) is 0. The van der Waals surface area contributed by atoms with E-state index < -0.39 is 0 Å². The van der Waals surface area contributed by atoms with Crippen LogP contribution in [0, 0.1) is 0 Å². The van der Waals surface area contributed by atoms with E-state index in [1.54, 1.807) is 0 Å². The number of unbranched alkanes of at least 4 members (excludes halogenated alkanes) is 2. The van der Waals surface area contributed by atoms with Gasteiger partial charge in [-0.25, -0.2) is 0 Å². The van der Waals surface area contributed by atoms with E-state index in [0.717, 1.165) is 6.42 Å². The van der Waals surface area contributed by atoms with Gasteiger partial charge < -0.3 is 0 Å². The Bertz CT molecular complexity index is 33.5. The third kappa shape index (κ3) is 6.35. The molecule has 0 aliphatic heterocycles. The normalized spacial score (nSPS) is 11.3. The molecule has 0 aliphatic carbocycles. The molecule has 0 rings (SSSR count). The molecule has 0 nitrogen and oxygen atoms in total. The fourth-order valence-electron chi connectivity index (χ4n) is 0.423. The average molecular weight is 119 g/mol. The predicted octanol–water partition coefficient (Wildman–Crippen LogP) is 2.54. The highest BCUT2D eigenvalue weighted by Crippen LogP contribution is 2.00. The van der Waals surface area contributed by atoms with Crippen molar-refractivity contribution in [3.05, 3.63) is 0 Å². The first-order valence-electron chi connectivity index (χ1n) is 3.40. The molecule has 0 amide bonds. The molecule has 0 spiro atoms. The monoisotopic (exact) mass is 119 g/mol. The van der Waals surface area contributed by atoms with Crippen molar-refractivity contribution in [1.29, 1.82) is 0 Å². The van der Waals surface area contributed by atoms with E-state index in [1.165, 1.54) is 18.6 Å². The van der Waals surface area contributed by atoms with Crippen molar-refractivity contribution in [3.63, 3.8) is 0 Å². The fraction of sp³-hybridized carbons (Fsp3) is 1.00. The first kappa shape index (κ1) is 5.49. The van der Waals surface area contributed by atoms with Gasteiger partial charge in [-0.1, -0.05) is 19.7 Å². The molecule has 0 fully saturated rings. The topological polar surface area (TPSA) is 0 Å². The molecule has 0 aromatic heterocycles. The quantitative estimate of drug-likeness (QED) is 0.512. The zero-order valence-corrected chi connectivity index (χ0v) is 5.76. The van der Waals surface area contributed by atoms with Gasteiger partial charge in [0, 0.05) is 1.37 Å². The number of rotatable bonds is 4. The lowest BCUT2D eigenvalue weighted by atomic mass is 10.3. The summed E-state index contributed by atoms with van der Waals surface area (Å²) >= 11 is 1.89. The molecule has 0 N–H and O–H groups in total. The Labute approximate surface area is 52.1 Å². The summed E-state index contributed by atoms with van der Waals surface area (Å²) in [6.07, 6.45) is 5.74. The highest BCUT2D eigenvalue weighted by Gasteiger charge is 1.80. The molecule has 0 heterocycles. The van der Waals surface area contributed by atoms with Crippen LogP contribution in [0.2, 0.25) is 0 Å². The minimum absolute atomic E-state index is 0.606. The zero-order chi connectivity index (χ0) is 6.24. The number of hydrogen-bond acceptors (Lipinski definition) is 1. The molecule has 0 saturated carbocycles. The first-order valence-corrected chi connectivity index (χ1v) is 4.09. The van der Waals surface area contributed by atoms with Gasteiger partial charge in [0.05, 0.1) is 0 Å². The molecule has 0 bridgehead atoms. The largest absolute Gasteiger partial charge is 0.165 e. The van der Waals surface area contributed by atoms with E-state index in [4.69, 9.17) is 1.37 Å². The van der Waals surface area contributed by atoms with Gasteiger partial charge in [-0.3, -0.25) is 0 Å². The molecule has 0 aromatic rings. The fourth-order valence-corrected chi connectivity index (χ4v) is 0.916. The van der Waals surface area contributed by atoms with E-state index in [9.17, 15) is 0 Å². The lowest BCUT2D eigenvalue weighted by Crippen LogP contribution is -1.75. The Kier molecular flexibility index (Phi) is 4.98. The van der Waals surface area contributed by atoms with Gasteiger partial charge in [0.25, 0.3) is 0 Å². The van der Waals surface area contributed by atoms with Gasteiger partial charge in [0.15, 0.2) is 0 Å². The van der Waals surface area contributed by atoms with Gasteiger partial charge in [-0.2, -0.15) is 11.8 Å². The molecule has 7 heavy (non-hydrogen) atoms. The Balaban J connectivity index is 2.53. The lowest BCUT2D eigenvalue weighted by Gasteiger charge is -1.90. The Hall–Kier alpha value is 0.350. The predicted molar refractivity (Wildman–Crippen MR) is 37.9 cm³/mol. The van der Waals surface area contributed by atoms with Crippen LogP contribution < -0.4 is 0 Å². The van der Waals surface area contributed by atoms with E-state index in [1.807, 2.05) is 11.8 Å². The van der Waals surface area contributed by atoms with Crippen LogP contribution in [0.3, 0.4) is 0 Å². The van der Waals surface area contributed by atoms with Crippen LogP contribution in [0.4, 0.5) is 0 Å². The van der Waals surface area contributed by atoms with Crippen molar-refractivity contribution in [3.8, 4) is 0 Å². The molecular formula is C6H14S. The Morgan fingerprint density at radius 2 is 2.43 bits per heavy atom. The third-order valence-corrected chi connectivity index (χ3v) is 1.55. The van der Waals surface area contributed by atoms with Crippen molar-refractivity contribution in [1.82, 2.24) is 0 Å². The maximum absolute atomic E-state index is 6.83. The summed E-state index contributed by atoms with van der Waals surface area (Å²) < 4.78 is 6.83. The minimum Gasteiger partial charge on any atom is -0.165 e. The van der Waals surface area contributed by atoms with Crippen LogP contribution in [-0.2, 0) is 0 Å². The summed E-state index contributed by atoms with van der Waals surface area (Å²) in [5.41, 5.74) is 0.